The smallest absolute Gasteiger partial charge is 0.241 e. The number of rotatable bonds is 8. The molecule has 0 radical (unpaired) electrons. The lowest BCUT2D eigenvalue weighted by Crippen LogP contribution is -2.35. The van der Waals surface area contributed by atoms with Crippen LogP contribution in [-0.4, -0.2) is 25.1 Å². The average molecular weight is 495 g/mol. The van der Waals surface area contributed by atoms with Crippen LogP contribution < -0.4 is 14.4 Å². The molecule has 6 heteroatoms. The summed E-state index contributed by atoms with van der Waals surface area (Å²) in [5, 5.41) is 0.596. The number of nitrogens with zero attached hydrogens (tertiary/aromatic N) is 2. The molecule has 36 heavy (non-hydrogen) atoms. The zero-order valence-electron chi connectivity index (χ0n) is 20.1. The summed E-state index contributed by atoms with van der Waals surface area (Å²) >= 11 is 1.43. The van der Waals surface area contributed by atoms with Gasteiger partial charge in [-0.2, -0.15) is 0 Å². The molecule has 5 nitrogen and oxygen atoms in total. The van der Waals surface area contributed by atoms with E-state index < -0.39 is 5.92 Å². The van der Waals surface area contributed by atoms with E-state index >= 15 is 0 Å². The Labute approximate surface area is 214 Å². The molecule has 0 unspecified atom stereocenters. The summed E-state index contributed by atoms with van der Waals surface area (Å²) in [6, 6.07) is 33.5. The van der Waals surface area contributed by atoms with Gasteiger partial charge in [-0.3, -0.25) is 9.69 Å². The number of benzene rings is 4. The normalized spacial score (nSPS) is 11.0. The molecule has 0 fully saturated rings. The summed E-state index contributed by atoms with van der Waals surface area (Å²) < 4.78 is 12.0. The minimum Gasteiger partial charge on any atom is -0.495 e. The predicted molar refractivity (Wildman–Crippen MR) is 145 cm³/mol. The molecule has 0 atom stereocenters. The van der Waals surface area contributed by atoms with E-state index in [9.17, 15) is 4.79 Å². The van der Waals surface area contributed by atoms with Crippen LogP contribution in [0.1, 0.15) is 22.6 Å². The van der Waals surface area contributed by atoms with E-state index in [-0.39, 0.29) is 5.91 Å². The van der Waals surface area contributed by atoms with Crippen LogP contribution >= 0.6 is 11.3 Å². The zero-order chi connectivity index (χ0) is 24.9. The lowest BCUT2D eigenvalue weighted by molar-refractivity contribution is -0.119. The standard InChI is InChI=1S/C30H26N2O3S/c1-34-24-18-19-25(35-2)28-27(24)31-30(36-28)32(20-21-12-6-3-7-13-21)29(33)26(22-14-8-4-9-15-22)23-16-10-5-11-17-23/h3-19,26H,20H2,1-2H3. The molecule has 0 spiro atoms. The maximum absolute atomic E-state index is 14.5. The second-order valence-electron chi connectivity index (χ2n) is 8.31. The minimum atomic E-state index is -0.480. The predicted octanol–water partition coefficient (Wildman–Crippen LogP) is 6.68. The van der Waals surface area contributed by atoms with Crippen molar-refractivity contribution < 1.29 is 14.3 Å². The van der Waals surface area contributed by atoms with Gasteiger partial charge in [0.1, 0.15) is 21.7 Å². The highest BCUT2D eigenvalue weighted by Crippen LogP contribution is 2.41. The van der Waals surface area contributed by atoms with Crippen molar-refractivity contribution in [3.8, 4) is 11.5 Å². The summed E-state index contributed by atoms with van der Waals surface area (Å²) in [6.45, 7) is 0.389. The third-order valence-corrected chi connectivity index (χ3v) is 7.19. The Hall–Kier alpha value is -4.16. The van der Waals surface area contributed by atoms with Gasteiger partial charge in [-0.15, -0.1) is 0 Å². The van der Waals surface area contributed by atoms with Crippen LogP contribution in [0, 0.1) is 0 Å². The summed E-state index contributed by atoms with van der Waals surface area (Å²) in [5.74, 6) is 0.813. The van der Waals surface area contributed by atoms with Gasteiger partial charge in [-0.1, -0.05) is 102 Å². The van der Waals surface area contributed by atoms with E-state index in [0.717, 1.165) is 21.4 Å². The van der Waals surface area contributed by atoms with Crippen molar-refractivity contribution in [3.05, 3.63) is 120 Å². The van der Waals surface area contributed by atoms with Crippen LogP contribution in [0.15, 0.2) is 103 Å². The van der Waals surface area contributed by atoms with Gasteiger partial charge in [0.15, 0.2) is 5.13 Å². The Kier molecular flexibility index (Phi) is 6.96. The van der Waals surface area contributed by atoms with E-state index in [2.05, 4.69) is 0 Å². The number of carbonyl (C=O) groups is 1. The fraction of sp³-hybridized carbons (Fsp3) is 0.133. The van der Waals surface area contributed by atoms with Crippen molar-refractivity contribution in [1.82, 2.24) is 4.98 Å². The van der Waals surface area contributed by atoms with E-state index in [0.29, 0.717) is 28.7 Å². The van der Waals surface area contributed by atoms with Crippen LogP contribution in [0.2, 0.25) is 0 Å². The highest BCUT2D eigenvalue weighted by Gasteiger charge is 2.31. The van der Waals surface area contributed by atoms with Crippen LogP contribution in [-0.2, 0) is 11.3 Å². The van der Waals surface area contributed by atoms with Gasteiger partial charge in [0.25, 0.3) is 0 Å². The Balaban J connectivity index is 1.66. The van der Waals surface area contributed by atoms with E-state index in [1.54, 1.807) is 19.1 Å². The fourth-order valence-corrected chi connectivity index (χ4v) is 5.40. The third kappa shape index (κ3) is 4.68. The molecule has 0 aliphatic heterocycles. The first-order valence-electron chi connectivity index (χ1n) is 11.7. The Morgan fingerprint density at radius 2 is 1.31 bits per heavy atom. The topological polar surface area (TPSA) is 51.7 Å². The molecule has 1 heterocycles. The van der Waals surface area contributed by atoms with Gasteiger partial charge >= 0.3 is 0 Å². The maximum Gasteiger partial charge on any atom is 0.241 e. The molecule has 1 amide bonds. The molecule has 1 aromatic heterocycles. The molecule has 0 bridgehead atoms. The lowest BCUT2D eigenvalue weighted by Gasteiger charge is -2.26. The number of fused-ring (bicyclic) bond motifs is 1. The van der Waals surface area contributed by atoms with Crippen molar-refractivity contribution in [2.45, 2.75) is 12.5 Å². The van der Waals surface area contributed by atoms with Gasteiger partial charge < -0.3 is 9.47 Å². The summed E-state index contributed by atoms with van der Waals surface area (Å²) in [5.41, 5.74) is 3.56. The van der Waals surface area contributed by atoms with Crippen molar-refractivity contribution in [3.63, 3.8) is 0 Å². The SMILES string of the molecule is COc1ccc(OC)c2sc(N(Cc3ccccc3)C(=O)C(c3ccccc3)c3ccccc3)nc12. The van der Waals surface area contributed by atoms with E-state index in [1.165, 1.54) is 11.3 Å². The molecule has 0 N–H and O–H groups in total. The number of methoxy groups -OCH3 is 2. The molecule has 0 saturated heterocycles. The highest BCUT2D eigenvalue weighted by molar-refractivity contribution is 7.22. The highest BCUT2D eigenvalue weighted by atomic mass is 32.1. The second kappa shape index (κ2) is 10.6. The minimum absolute atomic E-state index is 0.0479. The molecule has 0 aliphatic carbocycles. The average Bonchev–Trinajstić information content (AvgIpc) is 3.38. The van der Waals surface area contributed by atoms with Gasteiger partial charge in [-0.05, 0) is 28.8 Å². The van der Waals surface area contributed by atoms with E-state index in [1.807, 2.05) is 103 Å². The summed E-state index contributed by atoms with van der Waals surface area (Å²) in [6.07, 6.45) is 0. The second-order valence-corrected chi connectivity index (χ2v) is 9.29. The first-order valence-corrected chi connectivity index (χ1v) is 12.5. The Bertz CT molecular complexity index is 1370. The molecule has 0 saturated carbocycles. The Morgan fingerprint density at radius 1 is 0.778 bits per heavy atom. The van der Waals surface area contributed by atoms with Crippen molar-refractivity contribution >= 4 is 32.6 Å². The van der Waals surface area contributed by atoms with Crippen molar-refractivity contribution in [1.29, 1.82) is 0 Å². The Morgan fingerprint density at radius 3 is 1.86 bits per heavy atom. The quantitative estimate of drug-likeness (QED) is 0.241. The molecule has 5 rings (SSSR count). The largest absolute Gasteiger partial charge is 0.495 e. The first kappa shape index (κ1) is 23.6. The van der Waals surface area contributed by atoms with Crippen molar-refractivity contribution in [2.24, 2.45) is 0 Å². The number of hydrogen-bond acceptors (Lipinski definition) is 5. The van der Waals surface area contributed by atoms with Crippen LogP contribution in [0.4, 0.5) is 5.13 Å². The first-order chi connectivity index (χ1) is 17.7. The number of hydrogen-bond donors (Lipinski definition) is 0. The molecule has 180 valence electrons. The monoisotopic (exact) mass is 494 g/mol. The van der Waals surface area contributed by atoms with Crippen LogP contribution in [0.3, 0.4) is 0 Å². The molecule has 0 aliphatic rings. The van der Waals surface area contributed by atoms with Crippen LogP contribution in [0.25, 0.3) is 10.2 Å². The fourth-order valence-electron chi connectivity index (χ4n) is 4.32. The van der Waals surface area contributed by atoms with Gasteiger partial charge in [0.05, 0.1) is 26.7 Å². The zero-order valence-corrected chi connectivity index (χ0v) is 20.9. The van der Waals surface area contributed by atoms with Gasteiger partial charge in [0.2, 0.25) is 5.91 Å². The third-order valence-electron chi connectivity index (χ3n) is 6.09. The number of carbonyl (C=O) groups excluding carboxylic acids is 1. The van der Waals surface area contributed by atoms with Crippen LogP contribution in [0.5, 0.6) is 11.5 Å². The number of ether oxygens (including phenoxy) is 2. The maximum atomic E-state index is 14.5. The van der Waals surface area contributed by atoms with Gasteiger partial charge in [0, 0.05) is 0 Å². The molecular formula is C30H26N2O3S. The molecule has 4 aromatic carbocycles. The number of anilines is 1. The summed E-state index contributed by atoms with van der Waals surface area (Å²) in [7, 11) is 3.25. The lowest BCUT2D eigenvalue weighted by atomic mass is 9.90. The summed E-state index contributed by atoms with van der Waals surface area (Å²) in [4.78, 5) is 21.1. The number of thiazole rings is 1. The number of amides is 1. The molecule has 5 aromatic rings. The van der Waals surface area contributed by atoms with E-state index in [4.69, 9.17) is 14.5 Å². The molecular weight excluding hydrogens is 468 g/mol. The van der Waals surface area contributed by atoms with Gasteiger partial charge in [-0.25, -0.2) is 4.98 Å². The van der Waals surface area contributed by atoms with Crippen molar-refractivity contribution in [2.75, 3.05) is 19.1 Å². The number of aromatic nitrogens is 1.